The molecule has 0 aliphatic rings. The van der Waals surface area contributed by atoms with Gasteiger partial charge in [-0.25, -0.2) is 0 Å². The number of aryl methyl sites for hydroxylation is 1. The quantitative estimate of drug-likeness (QED) is 0.823. The number of hydrogen-bond donors (Lipinski definition) is 1. The third kappa shape index (κ3) is 3.62. The lowest BCUT2D eigenvalue weighted by Gasteiger charge is -2.14. The molecule has 0 aliphatic heterocycles. The van der Waals surface area contributed by atoms with Gasteiger partial charge in [0.1, 0.15) is 11.5 Å². The Labute approximate surface area is 129 Å². The monoisotopic (exact) mass is 333 g/mol. The Morgan fingerprint density at radius 3 is 2.30 bits per heavy atom. The molecule has 2 rings (SSSR count). The van der Waals surface area contributed by atoms with E-state index in [-0.39, 0.29) is 0 Å². The summed E-state index contributed by atoms with van der Waals surface area (Å²) in [6, 6.07) is 14.6. The molecule has 0 radical (unpaired) electrons. The van der Waals surface area contributed by atoms with E-state index in [2.05, 4.69) is 53.3 Å². The Morgan fingerprint density at radius 2 is 1.75 bits per heavy atom. The van der Waals surface area contributed by atoms with Crippen LogP contribution in [0.1, 0.15) is 31.0 Å². The first-order valence-electron chi connectivity index (χ1n) is 6.87. The van der Waals surface area contributed by atoms with E-state index < -0.39 is 0 Å². The standard InChI is InChI=1S/C17H20BrNO/c1-4-13-5-7-14(8-6-13)20-15-9-10-16(12(2)19-3)17(18)11-15/h5-12,19H,4H2,1-3H3. The zero-order valence-electron chi connectivity index (χ0n) is 12.1. The molecule has 1 atom stereocenters. The van der Waals surface area contributed by atoms with Gasteiger partial charge in [-0.3, -0.25) is 0 Å². The molecule has 0 saturated heterocycles. The third-order valence-corrected chi connectivity index (χ3v) is 4.13. The molecule has 0 bridgehead atoms. The molecule has 2 aromatic rings. The molecule has 1 unspecified atom stereocenters. The van der Waals surface area contributed by atoms with Crippen LogP contribution in [0.25, 0.3) is 0 Å². The summed E-state index contributed by atoms with van der Waals surface area (Å²) < 4.78 is 6.93. The first-order valence-corrected chi connectivity index (χ1v) is 7.66. The summed E-state index contributed by atoms with van der Waals surface area (Å²) in [6.07, 6.45) is 1.04. The zero-order chi connectivity index (χ0) is 14.5. The van der Waals surface area contributed by atoms with Crippen LogP contribution in [0, 0.1) is 0 Å². The highest BCUT2D eigenvalue weighted by molar-refractivity contribution is 9.10. The normalized spacial score (nSPS) is 12.2. The van der Waals surface area contributed by atoms with Crippen molar-refractivity contribution in [2.75, 3.05) is 7.05 Å². The maximum absolute atomic E-state index is 5.88. The largest absolute Gasteiger partial charge is 0.457 e. The first kappa shape index (κ1) is 15.1. The van der Waals surface area contributed by atoms with Crippen molar-refractivity contribution in [1.82, 2.24) is 5.32 Å². The molecule has 1 N–H and O–H groups in total. The highest BCUT2D eigenvalue weighted by Gasteiger charge is 2.08. The molecule has 0 aliphatic carbocycles. The van der Waals surface area contributed by atoms with Crippen LogP contribution in [0.3, 0.4) is 0 Å². The van der Waals surface area contributed by atoms with Gasteiger partial charge in [0, 0.05) is 10.5 Å². The van der Waals surface area contributed by atoms with Crippen LogP contribution in [0.15, 0.2) is 46.9 Å². The van der Waals surface area contributed by atoms with E-state index in [1.807, 2.05) is 31.3 Å². The van der Waals surface area contributed by atoms with E-state index >= 15 is 0 Å². The Bertz CT molecular complexity index is 566. The lowest BCUT2D eigenvalue weighted by atomic mass is 10.1. The summed E-state index contributed by atoms with van der Waals surface area (Å²) in [4.78, 5) is 0. The fourth-order valence-corrected chi connectivity index (χ4v) is 2.71. The van der Waals surface area contributed by atoms with Crippen molar-refractivity contribution >= 4 is 15.9 Å². The molecule has 20 heavy (non-hydrogen) atoms. The topological polar surface area (TPSA) is 21.3 Å². The molecular formula is C17H20BrNO. The average Bonchev–Trinajstić information content (AvgIpc) is 2.47. The maximum atomic E-state index is 5.88. The summed E-state index contributed by atoms with van der Waals surface area (Å²) in [5.74, 6) is 1.71. The van der Waals surface area contributed by atoms with Gasteiger partial charge in [0.15, 0.2) is 0 Å². The number of ether oxygens (including phenoxy) is 1. The summed E-state index contributed by atoms with van der Waals surface area (Å²) in [5, 5.41) is 3.23. The van der Waals surface area contributed by atoms with E-state index in [1.54, 1.807) is 0 Å². The predicted molar refractivity (Wildman–Crippen MR) is 87.5 cm³/mol. The van der Waals surface area contributed by atoms with Gasteiger partial charge < -0.3 is 10.1 Å². The third-order valence-electron chi connectivity index (χ3n) is 3.44. The Morgan fingerprint density at radius 1 is 1.10 bits per heavy atom. The van der Waals surface area contributed by atoms with Gasteiger partial charge in [0.2, 0.25) is 0 Å². The highest BCUT2D eigenvalue weighted by Crippen LogP contribution is 2.30. The van der Waals surface area contributed by atoms with Crippen molar-refractivity contribution in [3.05, 3.63) is 58.1 Å². The summed E-state index contributed by atoms with van der Waals surface area (Å²) in [6.45, 7) is 4.28. The maximum Gasteiger partial charge on any atom is 0.128 e. The minimum absolute atomic E-state index is 0.308. The number of nitrogens with one attached hydrogen (secondary N) is 1. The van der Waals surface area contributed by atoms with Gasteiger partial charge in [-0.2, -0.15) is 0 Å². The Balaban J connectivity index is 2.15. The second-order valence-corrected chi connectivity index (χ2v) is 5.65. The number of rotatable bonds is 5. The van der Waals surface area contributed by atoms with E-state index in [9.17, 15) is 0 Å². The van der Waals surface area contributed by atoms with Gasteiger partial charge in [-0.05, 0) is 55.8 Å². The average molecular weight is 334 g/mol. The smallest absolute Gasteiger partial charge is 0.128 e. The molecule has 106 valence electrons. The summed E-state index contributed by atoms with van der Waals surface area (Å²) in [5.41, 5.74) is 2.54. The first-order chi connectivity index (χ1) is 9.63. The molecule has 2 aromatic carbocycles. The van der Waals surface area contributed by atoms with Crippen LogP contribution in [-0.2, 0) is 6.42 Å². The second-order valence-electron chi connectivity index (χ2n) is 4.79. The van der Waals surface area contributed by atoms with Crippen molar-refractivity contribution in [3.63, 3.8) is 0 Å². The minimum Gasteiger partial charge on any atom is -0.457 e. The highest BCUT2D eigenvalue weighted by atomic mass is 79.9. The number of hydrogen-bond acceptors (Lipinski definition) is 2. The SMILES string of the molecule is CCc1ccc(Oc2ccc(C(C)NC)c(Br)c2)cc1. The van der Waals surface area contributed by atoms with Crippen LogP contribution in [0.4, 0.5) is 0 Å². The molecule has 2 nitrogen and oxygen atoms in total. The van der Waals surface area contributed by atoms with Crippen LogP contribution in [0.2, 0.25) is 0 Å². The van der Waals surface area contributed by atoms with Crippen LogP contribution in [0.5, 0.6) is 11.5 Å². The van der Waals surface area contributed by atoms with Crippen LogP contribution < -0.4 is 10.1 Å². The molecular weight excluding hydrogens is 314 g/mol. The van der Waals surface area contributed by atoms with Gasteiger partial charge in [-0.15, -0.1) is 0 Å². The van der Waals surface area contributed by atoms with Crippen molar-refractivity contribution in [2.24, 2.45) is 0 Å². The van der Waals surface area contributed by atoms with Gasteiger partial charge in [0.05, 0.1) is 0 Å². The molecule has 0 saturated carbocycles. The van der Waals surface area contributed by atoms with Crippen molar-refractivity contribution in [2.45, 2.75) is 26.3 Å². The van der Waals surface area contributed by atoms with Crippen molar-refractivity contribution in [1.29, 1.82) is 0 Å². The molecule has 0 fully saturated rings. The van der Waals surface area contributed by atoms with Crippen LogP contribution in [-0.4, -0.2) is 7.05 Å². The molecule has 0 heterocycles. The fourth-order valence-electron chi connectivity index (χ4n) is 2.01. The van der Waals surface area contributed by atoms with E-state index in [0.29, 0.717) is 6.04 Å². The number of benzene rings is 2. The fraction of sp³-hybridized carbons (Fsp3) is 0.294. The molecule has 0 spiro atoms. The predicted octanol–water partition coefficient (Wildman–Crippen LogP) is 5.08. The van der Waals surface area contributed by atoms with Crippen LogP contribution >= 0.6 is 15.9 Å². The van der Waals surface area contributed by atoms with E-state index in [1.165, 1.54) is 11.1 Å². The second kappa shape index (κ2) is 6.91. The summed E-state index contributed by atoms with van der Waals surface area (Å²) in [7, 11) is 1.96. The Kier molecular flexibility index (Phi) is 5.21. The van der Waals surface area contributed by atoms with E-state index in [4.69, 9.17) is 4.74 Å². The van der Waals surface area contributed by atoms with Crippen molar-refractivity contribution in [3.8, 4) is 11.5 Å². The van der Waals surface area contributed by atoms with Crippen molar-refractivity contribution < 1.29 is 4.74 Å². The summed E-state index contributed by atoms with van der Waals surface area (Å²) >= 11 is 3.60. The van der Waals surface area contributed by atoms with Gasteiger partial charge >= 0.3 is 0 Å². The van der Waals surface area contributed by atoms with E-state index in [0.717, 1.165) is 22.4 Å². The lowest BCUT2D eigenvalue weighted by Crippen LogP contribution is -2.12. The van der Waals surface area contributed by atoms with Gasteiger partial charge in [-0.1, -0.05) is 41.1 Å². The molecule has 3 heteroatoms. The zero-order valence-corrected chi connectivity index (χ0v) is 13.7. The van der Waals surface area contributed by atoms with Gasteiger partial charge in [0.25, 0.3) is 0 Å². The molecule has 0 aromatic heterocycles. The minimum atomic E-state index is 0.308. The molecule has 0 amide bonds. The number of halogens is 1. The lowest BCUT2D eigenvalue weighted by molar-refractivity contribution is 0.481. The Hall–Kier alpha value is -1.32.